The molecule has 1 aliphatic rings. The average Bonchev–Trinajstić information content (AvgIpc) is 3.72. The van der Waals surface area contributed by atoms with Crippen LogP contribution in [0.15, 0.2) is 144 Å². The van der Waals surface area contributed by atoms with Crippen LogP contribution in [0, 0.1) is 0 Å². The fourth-order valence-corrected chi connectivity index (χ4v) is 8.76. The summed E-state index contributed by atoms with van der Waals surface area (Å²) in [6.07, 6.45) is 0. The third kappa shape index (κ3) is 3.20. The molecule has 0 N–H and O–H groups in total. The molecule has 0 saturated heterocycles. The normalized spacial score (nSPS) is 13.9. The van der Waals surface area contributed by atoms with Crippen LogP contribution in [0.5, 0.6) is 0 Å². The van der Waals surface area contributed by atoms with E-state index < -0.39 is 0 Å². The van der Waals surface area contributed by atoms with E-state index in [1.807, 2.05) is 0 Å². The summed E-state index contributed by atoms with van der Waals surface area (Å²) in [5.41, 5.74) is 13.2. The molecule has 47 heavy (non-hydrogen) atoms. The molecule has 0 bridgehead atoms. The summed E-state index contributed by atoms with van der Waals surface area (Å²) in [6, 6.07) is 51.3. The first-order valence-electron chi connectivity index (χ1n) is 16.4. The maximum atomic E-state index is 6.85. The van der Waals surface area contributed by atoms with E-state index in [0.717, 1.165) is 16.9 Å². The molecule has 0 aliphatic heterocycles. The van der Waals surface area contributed by atoms with Crippen LogP contribution in [0.1, 0.15) is 25.0 Å². The van der Waals surface area contributed by atoms with E-state index in [9.17, 15) is 0 Å². The first-order chi connectivity index (χ1) is 23.1. The minimum atomic E-state index is -0.0815. The van der Waals surface area contributed by atoms with E-state index in [1.165, 1.54) is 87.5 Å². The molecule has 11 rings (SSSR count). The van der Waals surface area contributed by atoms with Crippen molar-refractivity contribution in [2.24, 2.45) is 0 Å². The fourth-order valence-electron chi connectivity index (χ4n) is 8.76. The van der Waals surface area contributed by atoms with Gasteiger partial charge in [0.15, 0.2) is 0 Å². The molecule has 2 nitrogen and oxygen atoms in total. The van der Waals surface area contributed by atoms with Gasteiger partial charge in [0.25, 0.3) is 0 Å². The minimum Gasteiger partial charge on any atom is -0.456 e. The van der Waals surface area contributed by atoms with Crippen LogP contribution in [0.2, 0.25) is 0 Å². The second-order valence-corrected chi connectivity index (χ2v) is 13.7. The highest BCUT2D eigenvalue weighted by Gasteiger charge is 2.36. The van der Waals surface area contributed by atoms with Gasteiger partial charge in [0.05, 0.1) is 16.7 Å². The number of hydrogen-bond donors (Lipinski definition) is 0. The Morgan fingerprint density at radius 3 is 1.91 bits per heavy atom. The van der Waals surface area contributed by atoms with Crippen LogP contribution in [-0.4, -0.2) is 4.57 Å². The van der Waals surface area contributed by atoms with Gasteiger partial charge in [0.1, 0.15) is 11.2 Å². The molecule has 2 aromatic heterocycles. The van der Waals surface area contributed by atoms with Crippen LogP contribution in [-0.2, 0) is 5.41 Å². The number of fused-ring (bicyclic) bond motifs is 9. The Bertz CT molecular complexity index is 2920. The first-order valence-corrected chi connectivity index (χ1v) is 16.4. The highest BCUT2D eigenvalue weighted by Crippen LogP contribution is 2.51. The van der Waals surface area contributed by atoms with Gasteiger partial charge in [-0.25, -0.2) is 0 Å². The van der Waals surface area contributed by atoms with Crippen molar-refractivity contribution in [3.05, 3.63) is 151 Å². The van der Waals surface area contributed by atoms with E-state index >= 15 is 0 Å². The molecular weight excluding hydrogens is 571 g/mol. The molecule has 0 amide bonds. The van der Waals surface area contributed by atoms with Crippen LogP contribution < -0.4 is 0 Å². The number of benzene rings is 8. The van der Waals surface area contributed by atoms with Gasteiger partial charge in [0, 0.05) is 33.0 Å². The van der Waals surface area contributed by atoms with Gasteiger partial charge in [-0.3, -0.25) is 0 Å². The lowest BCUT2D eigenvalue weighted by atomic mass is 9.82. The number of hydrogen-bond acceptors (Lipinski definition) is 1. The Morgan fingerprint density at radius 2 is 1.11 bits per heavy atom. The molecule has 0 spiro atoms. The van der Waals surface area contributed by atoms with E-state index in [0.29, 0.717) is 0 Å². The van der Waals surface area contributed by atoms with Crippen LogP contribution in [0.3, 0.4) is 0 Å². The number of aromatic nitrogens is 1. The highest BCUT2D eigenvalue weighted by atomic mass is 16.3. The van der Waals surface area contributed by atoms with Gasteiger partial charge in [0.2, 0.25) is 0 Å². The van der Waals surface area contributed by atoms with Crippen molar-refractivity contribution in [3.63, 3.8) is 0 Å². The van der Waals surface area contributed by atoms with Crippen molar-refractivity contribution in [3.8, 4) is 27.9 Å². The Balaban J connectivity index is 1.26. The van der Waals surface area contributed by atoms with Crippen LogP contribution >= 0.6 is 0 Å². The summed E-state index contributed by atoms with van der Waals surface area (Å²) in [4.78, 5) is 0. The van der Waals surface area contributed by atoms with Crippen LogP contribution in [0.4, 0.5) is 0 Å². The average molecular weight is 600 g/mol. The number of nitrogens with zero attached hydrogens (tertiary/aromatic N) is 1. The van der Waals surface area contributed by atoms with E-state index in [2.05, 4.69) is 158 Å². The fraction of sp³-hybridized carbons (Fsp3) is 0.0667. The van der Waals surface area contributed by atoms with Crippen molar-refractivity contribution in [2.75, 3.05) is 0 Å². The summed E-state index contributed by atoms with van der Waals surface area (Å²) >= 11 is 0. The van der Waals surface area contributed by atoms with Crippen molar-refractivity contribution in [1.29, 1.82) is 0 Å². The van der Waals surface area contributed by atoms with Crippen molar-refractivity contribution in [2.45, 2.75) is 19.3 Å². The Kier molecular flexibility index (Phi) is 4.68. The topological polar surface area (TPSA) is 18.1 Å². The second-order valence-electron chi connectivity index (χ2n) is 13.7. The minimum absolute atomic E-state index is 0.0815. The number of rotatable bonds is 2. The number of furan rings is 1. The summed E-state index contributed by atoms with van der Waals surface area (Å²) in [5.74, 6) is 0. The first kappa shape index (κ1) is 25.3. The quantitative estimate of drug-likeness (QED) is 0.181. The van der Waals surface area contributed by atoms with Gasteiger partial charge in [-0.2, -0.15) is 0 Å². The smallest absolute Gasteiger partial charge is 0.138 e. The van der Waals surface area contributed by atoms with Crippen molar-refractivity contribution >= 4 is 65.3 Å². The molecule has 0 saturated carbocycles. The highest BCUT2D eigenvalue weighted by molar-refractivity contribution is 6.34. The maximum absolute atomic E-state index is 6.85. The van der Waals surface area contributed by atoms with Gasteiger partial charge in [-0.05, 0) is 91.3 Å². The van der Waals surface area contributed by atoms with Crippen molar-refractivity contribution < 1.29 is 4.42 Å². The van der Waals surface area contributed by atoms with Crippen LogP contribution in [0.25, 0.3) is 93.2 Å². The third-order valence-corrected chi connectivity index (χ3v) is 10.9. The molecule has 1 aliphatic carbocycles. The van der Waals surface area contributed by atoms with E-state index in [4.69, 9.17) is 4.42 Å². The molecular formula is C45H29NO. The third-order valence-electron chi connectivity index (χ3n) is 10.9. The summed E-state index contributed by atoms with van der Waals surface area (Å²) in [7, 11) is 0. The molecule has 0 unspecified atom stereocenters. The van der Waals surface area contributed by atoms with Crippen molar-refractivity contribution in [1.82, 2.24) is 4.57 Å². The van der Waals surface area contributed by atoms with Gasteiger partial charge < -0.3 is 8.98 Å². The monoisotopic (exact) mass is 599 g/mol. The Hall–Kier alpha value is -5.86. The maximum Gasteiger partial charge on any atom is 0.138 e. The van der Waals surface area contributed by atoms with E-state index in [1.54, 1.807) is 0 Å². The Labute approximate surface area is 271 Å². The molecule has 2 heteroatoms. The van der Waals surface area contributed by atoms with Gasteiger partial charge in [-0.1, -0.05) is 111 Å². The van der Waals surface area contributed by atoms with E-state index in [-0.39, 0.29) is 5.41 Å². The molecule has 0 atom stereocenters. The lowest BCUT2D eigenvalue weighted by Gasteiger charge is -2.21. The molecule has 8 aromatic carbocycles. The second kappa shape index (κ2) is 8.69. The molecule has 220 valence electrons. The molecule has 0 fully saturated rings. The zero-order valence-corrected chi connectivity index (χ0v) is 26.1. The number of para-hydroxylation sites is 1. The Morgan fingerprint density at radius 1 is 0.447 bits per heavy atom. The summed E-state index contributed by atoms with van der Waals surface area (Å²) in [5, 5.41) is 9.92. The SMILES string of the molecule is CC1(C)c2ccccc2-c2cc3c4ccccc4n(-c4cc5oc6cc(-c7ccccc7)cc7c8ccccc8c(c4)c5c67)c3cc21. The standard InChI is InChI=1S/C45H29NO/c1-45(2)37-18-10-8-16-31(37)33-24-34-32-17-9-11-19-39(32)46(40(34)25-38(33)45)28-22-36-30-15-7-6-14-29(30)35-20-27(26-12-4-3-5-13-26)21-41-43(35)44(36)42(23-28)47-41/h3-25H,1-2H3. The lowest BCUT2D eigenvalue weighted by molar-refractivity contribution is 0.661. The largest absolute Gasteiger partial charge is 0.456 e. The van der Waals surface area contributed by atoms with Gasteiger partial charge in [-0.15, -0.1) is 0 Å². The zero-order valence-electron chi connectivity index (χ0n) is 26.1. The molecule has 10 aromatic rings. The summed E-state index contributed by atoms with van der Waals surface area (Å²) in [6.45, 7) is 4.72. The predicted octanol–water partition coefficient (Wildman–Crippen LogP) is 12.4. The lowest BCUT2D eigenvalue weighted by Crippen LogP contribution is -2.14. The zero-order chi connectivity index (χ0) is 31.0. The predicted molar refractivity (Wildman–Crippen MR) is 197 cm³/mol. The molecule has 0 radical (unpaired) electrons. The summed E-state index contributed by atoms with van der Waals surface area (Å²) < 4.78 is 9.31. The molecule has 2 heterocycles. The van der Waals surface area contributed by atoms with Gasteiger partial charge >= 0.3 is 0 Å².